The molecule has 10 heteroatoms. The van der Waals surface area contributed by atoms with E-state index in [1.165, 1.54) is 18.2 Å². The van der Waals surface area contributed by atoms with Gasteiger partial charge in [-0.15, -0.1) is 0 Å². The maximum absolute atomic E-state index is 13.1. The molecule has 1 amide bonds. The number of carbonyl (C=O) groups is 1. The average molecular weight is 487 g/mol. The van der Waals surface area contributed by atoms with Crippen molar-refractivity contribution in [3.05, 3.63) is 78.4 Å². The van der Waals surface area contributed by atoms with E-state index in [-0.39, 0.29) is 22.0 Å². The summed E-state index contributed by atoms with van der Waals surface area (Å²) in [7, 11) is -7.82. The normalized spacial score (nSPS) is 17.7. The minimum absolute atomic E-state index is 0.0437. The molecule has 3 aromatic rings. The summed E-state index contributed by atoms with van der Waals surface area (Å²) >= 11 is 0. The molecule has 0 bridgehead atoms. The van der Waals surface area contributed by atoms with E-state index in [2.05, 4.69) is 4.72 Å². The molecule has 8 nitrogen and oxygen atoms in total. The Morgan fingerprint density at radius 3 is 2.30 bits per heavy atom. The number of hydrogen-bond acceptors (Lipinski definition) is 6. The topological polar surface area (TPSA) is 110 Å². The van der Waals surface area contributed by atoms with Gasteiger partial charge in [-0.3, -0.25) is 9.52 Å². The second-order valence-electron chi connectivity index (χ2n) is 7.75. The Morgan fingerprint density at radius 1 is 1.00 bits per heavy atom. The fourth-order valence-corrected chi connectivity index (χ4v) is 6.71. The molecule has 1 aliphatic heterocycles. The van der Waals surface area contributed by atoms with E-state index in [9.17, 15) is 21.6 Å². The largest absolute Gasteiger partial charge is 0.455 e. The molecule has 0 radical (unpaired) electrons. The Labute approximate surface area is 192 Å². The number of ether oxygens (including phenoxy) is 1. The molecule has 33 heavy (non-hydrogen) atoms. The molecule has 4 rings (SSSR count). The van der Waals surface area contributed by atoms with Gasteiger partial charge >= 0.3 is 0 Å². The van der Waals surface area contributed by atoms with Crippen molar-refractivity contribution in [2.24, 2.45) is 5.92 Å². The fraction of sp³-hybridized carbons (Fsp3) is 0.174. The van der Waals surface area contributed by atoms with Crippen molar-refractivity contribution in [2.45, 2.75) is 18.7 Å². The zero-order chi connectivity index (χ0) is 23.8. The van der Waals surface area contributed by atoms with Crippen LogP contribution in [0.15, 0.2) is 77.7 Å². The van der Waals surface area contributed by atoms with E-state index in [0.717, 1.165) is 4.31 Å². The lowest BCUT2D eigenvalue weighted by atomic mass is 10.2. The highest BCUT2D eigenvalue weighted by molar-refractivity contribution is 7.94. The summed E-state index contributed by atoms with van der Waals surface area (Å²) in [6.07, 6.45) is 0. The summed E-state index contributed by atoms with van der Waals surface area (Å²) in [5.41, 5.74) is 0.661. The summed E-state index contributed by atoms with van der Waals surface area (Å²) < 4.78 is 60.1. The van der Waals surface area contributed by atoms with Gasteiger partial charge in [0, 0.05) is 0 Å². The maximum atomic E-state index is 13.1. The molecule has 1 heterocycles. The van der Waals surface area contributed by atoms with Gasteiger partial charge in [0.25, 0.3) is 10.0 Å². The number of nitrogens with zero attached hydrogens (tertiary/aromatic N) is 1. The second kappa shape index (κ2) is 8.53. The predicted molar refractivity (Wildman–Crippen MR) is 125 cm³/mol. The zero-order valence-electron chi connectivity index (χ0n) is 17.9. The van der Waals surface area contributed by atoms with Gasteiger partial charge < -0.3 is 4.74 Å². The van der Waals surface area contributed by atoms with E-state index < -0.39 is 31.9 Å². The number of benzene rings is 3. The summed E-state index contributed by atoms with van der Waals surface area (Å²) in [5, 5.41) is 0. The monoisotopic (exact) mass is 486 g/mol. The number of para-hydroxylation sites is 3. The van der Waals surface area contributed by atoms with Crippen LogP contribution in [-0.4, -0.2) is 28.5 Å². The van der Waals surface area contributed by atoms with Crippen LogP contribution in [0.4, 0.5) is 11.4 Å². The quantitative estimate of drug-likeness (QED) is 0.566. The van der Waals surface area contributed by atoms with Gasteiger partial charge in [0.15, 0.2) is 5.75 Å². The van der Waals surface area contributed by atoms with E-state index in [4.69, 9.17) is 4.74 Å². The molecule has 1 saturated heterocycles. The van der Waals surface area contributed by atoms with E-state index >= 15 is 0 Å². The molecule has 3 aromatic carbocycles. The van der Waals surface area contributed by atoms with Crippen LogP contribution in [0, 0.1) is 12.8 Å². The molecule has 1 N–H and O–H groups in total. The molecule has 0 aromatic heterocycles. The zero-order valence-corrected chi connectivity index (χ0v) is 19.6. The van der Waals surface area contributed by atoms with Crippen molar-refractivity contribution in [3.63, 3.8) is 0 Å². The smallest absolute Gasteiger partial charge is 0.262 e. The van der Waals surface area contributed by atoms with Gasteiger partial charge in [-0.05, 0) is 55.0 Å². The molecule has 1 unspecified atom stereocenters. The Balaban J connectivity index is 1.64. The van der Waals surface area contributed by atoms with Crippen LogP contribution >= 0.6 is 0 Å². The Kier molecular flexibility index (Phi) is 5.89. The van der Waals surface area contributed by atoms with Crippen molar-refractivity contribution in [2.75, 3.05) is 14.8 Å². The number of anilines is 2. The first-order chi connectivity index (χ1) is 15.6. The Hall–Kier alpha value is -3.37. The molecule has 0 aliphatic carbocycles. The molecule has 172 valence electrons. The summed E-state index contributed by atoms with van der Waals surface area (Å²) in [6.45, 7) is 3.09. The minimum Gasteiger partial charge on any atom is -0.455 e. The SMILES string of the molecule is Cc1cc(N2C(=O)C(C)CS2(=O)=O)ccc1S(=O)(=O)Nc1ccccc1Oc1ccccc1. The number of hydrogen-bond donors (Lipinski definition) is 1. The fourth-order valence-electron chi connectivity index (χ4n) is 3.60. The van der Waals surface area contributed by atoms with Crippen molar-refractivity contribution < 1.29 is 26.4 Å². The highest BCUT2D eigenvalue weighted by Gasteiger charge is 2.42. The number of rotatable bonds is 6. The highest BCUT2D eigenvalue weighted by atomic mass is 32.2. The maximum Gasteiger partial charge on any atom is 0.262 e. The van der Waals surface area contributed by atoms with E-state index in [1.54, 1.807) is 62.4 Å². The van der Waals surface area contributed by atoms with Crippen LogP contribution in [0.25, 0.3) is 0 Å². The third-order valence-corrected chi connectivity index (χ3v) is 8.54. The number of amides is 1. The summed E-state index contributed by atoms with van der Waals surface area (Å²) in [4.78, 5) is 12.3. The van der Waals surface area contributed by atoms with Crippen LogP contribution in [-0.2, 0) is 24.8 Å². The Morgan fingerprint density at radius 2 is 1.67 bits per heavy atom. The predicted octanol–water partition coefficient (Wildman–Crippen LogP) is 3.90. The first kappa shape index (κ1) is 22.8. The standard InChI is InChI=1S/C23H22N2O6S2/c1-16-14-18(25-23(26)17(2)15-32(25,27)28)12-13-22(16)33(29,30)24-20-10-6-7-11-21(20)31-19-8-4-3-5-9-19/h3-14,17,24H,15H2,1-2H3. The van der Waals surface area contributed by atoms with Crippen LogP contribution in [0.1, 0.15) is 12.5 Å². The minimum atomic E-state index is -4.04. The van der Waals surface area contributed by atoms with Crippen LogP contribution < -0.4 is 13.8 Å². The number of carbonyl (C=O) groups excluding carboxylic acids is 1. The first-order valence-corrected chi connectivity index (χ1v) is 13.2. The lowest BCUT2D eigenvalue weighted by Crippen LogP contribution is -2.30. The van der Waals surface area contributed by atoms with Crippen molar-refractivity contribution in [3.8, 4) is 11.5 Å². The third kappa shape index (κ3) is 4.57. The average Bonchev–Trinajstić information content (AvgIpc) is 2.96. The lowest BCUT2D eigenvalue weighted by molar-refractivity contribution is -0.119. The van der Waals surface area contributed by atoms with Crippen LogP contribution in [0.2, 0.25) is 0 Å². The third-order valence-electron chi connectivity index (χ3n) is 5.15. The molecular weight excluding hydrogens is 464 g/mol. The molecule has 0 saturated carbocycles. The number of aryl methyl sites for hydroxylation is 1. The van der Waals surface area contributed by atoms with Crippen LogP contribution in [0.3, 0.4) is 0 Å². The molecule has 1 fully saturated rings. The van der Waals surface area contributed by atoms with E-state index in [0.29, 0.717) is 17.1 Å². The van der Waals surface area contributed by atoms with Crippen LogP contribution in [0.5, 0.6) is 11.5 Å². The Bertz CT molecular complexity index is 1420. The van der Waals surface area contributed by atoms with Gasteiger partial charge in [0.1, 0.15) is 5.75 Å². The molecular formula is C23H22N2O6S2. The number of nitrogens with one attached hydrogen (secondary N) is 1. The van der Waals surface area contributed by atoms with Gasteiger partial charge in [0.05, 0.1) is 27.9 Å². The molecule has 0 spiro atoms. The summed E-state index contributed by atoms with van der Waals surface area (Å²) in [6, 6.07) is 19.6. The first-order valence-electron chi connectivity index (χ1n) is 10.1. The van der Waals surface area contributed by atoms with Gasteiger partial charge in [-0.25, -0.2) is 21.1 Å². The molecule has 1 aliphatic rings. The lowest BCUT2D eigenvalue weighted by Gasteiger charge is -2.18. The van der Waals surface area contributed by atoms with Crippen molar-refractivity contribution in [1.29, 1.82) is 0 Å². The second-order valence-corrected chi connectivity index (χ2v) is 11.3. The van der Waals surface area contributed by atoms with Gasteiger partial charge in [-0.2, -0.15) is 0 Å². The van der Waals surface area contributed by atoms with Crippen molar-refractivity contribution in [1.82, 2.24) is 0 Å². The van der Waals surface area contributed by atoms with Gasteiger partial charge in [-0.1, -0.05) is 37.3 Å². The molecule has 1 atom stereocenters. The van der Waals surface area contributed by atoms with E-state index in [1.807, 2.05) is 6.07 Å². The summed E-state index contributed by atoms with van der Waals surface area (Å²) in [5.74, 6) is -0.582. The van der Waals surface area contributed by atoms with Crippen molar-refractivity contribution >= 4 is 37.3 Å². The van der Waals surface area contributed by atoms with Gasteiger partial charge in [0.2, 0.25) is 15.9 Å². The number of sulfonamides is 2. The highest BCUT2D eigenvalue weighted by Crippen LogP contribution is 2.33.